The summed E-state index contributed by atoms with van der Waals surface area (Å²) in [5.74, 6) is -0.925. The molecule has 0 aliphatic rings. The van der Waals surface area contributed by atoms with Crippen LogP contribution in [0.5, 0.6) is 0 Å². The lowest BCUT2D eigenvalue weighted by Gasteiger charge is -2.05. The Labute approximate surface area is 112 Å². The Morgan fingerprint density at radius 2 is 2.32 bits per heavy atom. The molecule has 0 unspecified atom stereocenters. The van der Waals surface area contributed by atoms with Gasteiger partial charge in [-0.3, -0.25) is 0 Å². The number of aryl methyl sites for hydroxylation is 1. The second kappa shape index (κ2) is 5.11. The van der Waals surface area contributed by atoms with E-state index in [9.17, 15) is 13.2 Å². The molecule has 102 valence electrons. The van der Waals surface area contributed by atoms with Crippen molar-refractivity contribution in [3.63, 3.8) is 0 Å². The number of thiophene rings is 1. The van der Waals surface area contributed by atoms with E-state index in [1.54, 1.807) is 6.92 Å². The quantitative estimate of drug-likeness (QED) is 0.859. The monoisotopic (exact) mass is 302 g/mol. The van der Waals surface area contributed by atoms with Crippen LogP contribution in [0.4, 0.5) is 0 Å². The van der Waals surface area contributed by atoms with E-state index in [4.69, 9.17) is 9.63 Å². The lowest BCUT2D eigenvalue weighted by atomic mass is 10.3. The van der Waals surface area contributed by atoms with Gasteiger partial charge >= 0.3 is 5.97 Å². The van der Waals surface area contributed by atoms with Crippen LogP contribution in [0.25, 0.3) is 0 Å². The summed E-state index contributed by atoms with van der Waals surface area (Å²) in [6, 6.07) is 1.51. The molecule has 2 aromatic heterocycles. The Morgan fingerprint density at radius 3 is 2.89 bits per heavy atom. The zero-order chi connectivity index (χ0) is 14.0. The largest absolute Gasteiger partial charge is 0.477 e. The van der Waals surface area contributed by atoms with Gasteiger partial charge in [-0.1, -0.05) is 5.16 Å². The van der Waals surface area contributed by atoms with E-state index in [1.807, 2.05) is 0 Å². The van der Waals surface area contributed by atoms with E-state index in [0.717, 1.165) is 11.3 Å². The molecule has 0 atom stereocenters. The third-order valence-electron chi connectivity index (χ3n) is 2.31. The van der Waals surface area contributed by atoms with Gasteiger partial charge in [-0.25, -0.2) is 17.9 Å². The number of hydrogen-bond acceptors (Lipinski definition) is 6. The summed E-state index contributed by atoms with van der Waals surface area (Å²) in [4.78, 5) is 10.6. The maximum atomic E-state index is 12.1. The molecule has 2 rings (SSSR count). The van der Waals surface area contributed by atoms with Crippen LogP contribution in [0.2, 0.25) is 0 Å². The van der Waals surface area contributed by atoms with Crippen LogP contribution < -0.4 is 4.72 Å². The molecule has 0 radical (unpaired) electrons. The molecule has 0 saturated heterocycles. The van der Waals surface area contributed by atoms with Crippen molar-refractivity contribution in [2.45, 2.75) is 18.4 Å². The van der Waals surface area contributed by atoms with Crippen LogP contribution in [-0.2, 0) is 16.6 Å². The number of aromatic carboxylic acids is 1. The first-order valence-corrected chi connectivity index (χ1v) is 7.48. The molecule has 0 spiro atoms. The van der Waals surface area contributed by atoms with Gasteiger partial charge in [0.25, 0.3) is 0 Å². The number of carboxylic acids is 1. The second-order valence-electron chi connectivity index (χ2n) is 3.69. The fraction of sp³-hybridized carbons (Fsp3) is 0.200. The normalized spacial score (nSPS) is 11.6. The van der Waals surface area contributed by atoms with E-state index in [0.29, 0.717) is 11.3 Å². The molecule has 0 saturated carbocycles. The molecule has 2 aromatic rings. The van der Waals surface area contributed by atoms with E-state index in [-0.39, 0.29) is 16.3 Å². The number of nitrogens with zero attached hydrogens (tertiary/aromatic N) is 1. The summed E-state index contributed by atoms with van der Waals surface area (Å²) in [6.45, 7) is 1.46. The molecular weight excluding hydrogens is 292 g/mol. The van der Waals surface area contributed by atoms with Crippen LogP contribution in [-0.4, -0.2) is 24.7 Å². The Hall–Kier alpha value is -1.71. The van der Waals surface area contributed by atoms with Gasteiger partial charge in [-0.2, -0.15) is 0 Å². The summed E-state index contributed by atoms with van der Waals surface area (Å²) >= 11 is 0.880. The van der Waals surface area contributed by atoms with Crippen molar-refractivity contribution >= 4 is 27.3 Å². The SMILES string of the molecule is Cc1csc(C(=O)O)c1S(=O)(=O)NCc1ccno1. The highest BCUT2D eigenvalue weighted by Gasteiger charge is 2.26. The zero-order valence-corrected chi connectivity index (χ0v) is 11.4. The van der Waals surface area contributed by atoms with Crippen LogP contribution >= 0.6 is 11.3 Å². The Bertz CT molecular complexity index is 688. The first-order valence-electron chi connectivity index (χ1n) is 5.12. The van der Waals surface area contributed by atoms with Gasteiger partial charge in [0.15, 0.2) is 5.76 Å². The molecule has 19 heavy (non-hydrogen) atoms. The summed E-state index contributed by atoms with van der Waals surface area (Å²) < 4.78 is 31.3. The van der Waals surface area contributed by atoms with Crippen molar-refractivity contribution in [1.82, 2.24) is 9.88 Å². The molecule has 0 fully saturated rings. The highest BCUT2D eigenvalue weighted by Crippen LogP contribution is 2.26. The molecular formula is C10H10N2O5S2. The van der Waals surface area contributed by atoms with Crippen molar-refractivity contribution < 1.29 is 22.8 Å². The molecule has 9 heteroatoms. The fourth-order valence-corrected chi connectivity index (χ4v) is 4.11. The van der Waals surface area contributed by atoms with Crippen molar-refractivity contribution in [2.24, 2.45) is 0 Å². The van der Waals surface area contributed by atoms with Crippen molar-refractivity contribution in [2.75, 3.05) is 0 Å². The topological polar surface area (TPSA) is 110 Å². The molecule has 0 aromatic carbocycles. The molecule has 0 bridgehead atoms. The van der Waals surface area contributed by atoms with Gasteiger partial charge in [0.2, 0.25) is 10.0 Å². The minimum atomic E-state index is -3.91. The summed E-state index contributed by atoms with van der Waals surface area (Å²) in [7, 11) is -3.91. The molecule has 0 amide bonds. The average molecular weight is 302 g/mol. The summed E-state index contributed by atoms with van der Waals surface area (Å²) in [6.07, 6.45) is 1.39. The smallest absolute Gasteiger partial charge is 0.347 e. The third kappa shape index (κ3) is 2.83. The predicted molar refractivity (Wildman–Crippen MR) is 66.5 cm³/mol. The maximum Gasteiger partial charge on any atom is 0.347 e. The Kier molecular flexibility index (Phi) is 3.69. The van der Waals surface area contributed by atoms with Gasteiger partial charge < -0.3 is 9.63 Å². The van der Waals surface area contributed by atoms with Gasteiger partial charge in [0.1, 0.15) is 9.77 Å². The predicted octanol–water partition coefficient (Wildman–Crippen LogP) is 1.22. The van der Waals surface area contributed by atoms with Crippen LogP contribution in [0.15, 0.2) is 27.1 Å². The Morgan fingerprint density at radius 1 is 1.58 bits per heavy atom. The van der Waals surface area contributed by atoms with Gasteiger partial charge in [-0.15, -0.1) is 11.3 Å². The summed E-state index contributed by atoms with van der Waals surface area (Å²) in [5.41, 5.74) is 0.396. The highest BCUT2D eigenvalue weighted by molar-refractivity contribution is 7.89. The minimum Gasteiger partial charge on any atom is -0.477 e. The first-order chi connectivity index (χ1) is 8.92. The van der Waals surface area contributed by atoms with Gasteiger partial charge in [0.05, 0.1) is 12.7 Å². The van der Waals surface area contributed by atoms with Gasteiger partial charge in [0, 0.05) is 6.07 Å². The lowest BCUT2D eigenvalue weighted by Crippen LogP contribution is -2.24. The standard InChI is InChI=1S/C10H10N2O5S2/c1-6-5-18-8(10(13)14)9(6)19(15,16)12-4-7-2-3-11-17-7/h2-3,5,12H,4H2,1H3,(H,13,14). The first kappa shape index (κ1) is 13.7. The molecule has 2 heterocycles. The van der Waals surface area contributed by atoms with Crippen molar-refractivity contribution in [1.29, 1.82) is 0 Å². The number of carboxylic acid groups (broad SMARTS) is 1. The van der Waals surface area contributed by atoms with Crippen molar-refractivity contribution in [3.8, 4) is 0 Å². The average Bonchev–Trinajstić information content (AvgIpc) is 2.95. The number of hydrogen-bond donors (Lipinski definition) is 2. The number of aromatic nitrogens is 1. The summed E-state index contributed by atoms with van der Waals surface area (Å²) in [5, 5.41) is 13.9. The number of carbonyl (C=O) groups is 1. The zero-order valence-electron chi connectivity index (χ0n) is 9.78. The van der Waals surface area contributed by atoms with E-state index >= 15 is 0 Å². The molecule has 7 nitrogen and oxygen atoms in total. The molecule has 0 aliphatic carbocycles. The minimum absolute atomic E-state index is 0.0866. The number of sulfonamides is 1. The maximum absolute atomic E-state index is 12.1. The highest BCUT2D eigenvalue weighted by atomic mass is 32.2. The second-order valence-corrected chi connectivity index (χ2v) is 6.27. The van der Waals surface area contributed by atoms with E-state index in [1.165, 1.54) is 17.6 Å². The van der Waals surface area contributed by atoms with Gasteiger partial charge in [-0.05, 0) is 17.9 Å². The van der Waals surface area contributed by atoms with E-state index < -0.39 is 16.0 Å². The molecule has 2 N–H and O–H groups in total. The lowest BCUT2D eigenvalue weighted by molar-refractivity contribution is 0.0698. The fourth-order valence-electron chi connectivity index (χ4n) is 1.49. The molecule has 0 aliphatic heterocycles. The van der Waals surface area contributed by atoms with Crippen LogP contribution in [0.1, 0.15) is 21.0 Å². The van der Waals surface area contributed by atoms with Crippen molar-refractivity contribution in [3.05, 3.63) is 33.8 Å². The third-order valence-corrected chi connectivity index (χ3v) is 5.11. The van der Waals surface area contributed by atoms with E-state index in [2.05, 4.69) is 9.88 Å². The number of rotatable bonds is 5. The number of nitrogens with one attached hydrogen (secondary N) is 1. The Balaban J connectivity index is 2.29. The van der Waals surface area contributed by atoms with Crippen LogP contribution in [0.3, 0.4) is 0 Å². The van der Waals surface area contributed by atoms with Crippen LogP contribution in [0, 0.1) is 6.92 Å².